The van der Waals surface area contributed by atoms with Gasteiger partial charge in [0.15, 0.2) is 5.82 Å². The first kappa shape index (κ1) is 15.5. The summed E-state index contributed by atoms with van der Waals surface area (Å²) < 4.78 is 10.2. The van der Waals surface area contributed by atoms with E-state index in [4.69, 9.17) is 9.26 Å². The van der Waals surface area contributed by atoms with Gasteiger partial charge in [-0.15, -0.1) is 0 Å². The summed E-state index contributed by atoms with van der Waals surface area (Å²) in [5, 5.41) is 6.69. The van der Waals surface area contributed by atoms with Gasteiger partial charge in [-0.25, -0.2) is 0 Å². The Morgan fingerprint density at radius 2 is 2.14 bits per heavy atom. The maximum atomic E-state index is 12.0. The van der Waals surface area contributed by atoms with Crippen LogP contribution in [-0.4, -0.2) is 43.3 Å². The van der Waals surface area contributed by atoms with E-state index in [1.165, 1.54) is 11.8 Å². The first-order chi connectivity index (χ1) is 10.1. The zero-order valence-electron chi connectivity index (χ0n) is 12.4. The molecule has 116 valence electrons. The van der Waals surface area contributed by atoms with Gasteiger partial charge in [0.2, 0.25) is 11.8 Å². The van der Waals surface area contributed by atoms with Gasteiger partial charge in [0.05, 0.1) is 0 Å². The maximum absolute atomic E-state index is 12.0. The van der Waals surface area contributed by atoms with Gasteiger partial charge >= 0.3 is 0 Å². The van der Waals surface area contributed by atoms with Crippen molar-refractivity contribution < 1.29 is 18.8 Å². The highest BCUT2D eigenvalue weighted by atomic mass is 16.5. The molecule has 2 heterocycles. The molecule has 21 heavy (non-hydrogen) atoms. The maximum Gasteiger partial charge on any atom is 0.225 e. The second-order valence-corrected chi connectivity index (χ2v) is 5.14. The average Bonchev–Trinajstić information content (AvgIpc) is 2.90. The number of nitrogens with zero attached hydrogens (tertiary/aromatic N) is 2. The fourth-order valence-electron chi connectivity index (χ4n) is 2.31. The molecule has 1 aromatic heterocycles. The number of hydrogen-bond acceptors (Lipinski definition) is 5. The largest absolute Gasteiger partial charge is 0.381 e. The second kappa shape index (κ2) is 7.21. The Kier molecular flexibility index (Phi) is 5.32. The van der Waals surface area contributed by atoms with Crippen LogP contribution in [0.4, 0.5) is 5.82 Å². The van der Waals surface area contributed by atoms with Gasteiger partial charge in [0.25, 0.3) is 0 Å². The standard InChI is InChI=1S/C14H21N3O4/c1-10-9-13(16-21-10)17(11(2)18)6-5-15-14(19)12-3-7-20-8-4-12/h9,12H,3-8H2,1-2H3,(H,15,19). The minimum Gasteiger partial charge on any atom is -0.381 e. The summed E-state index contributed by atoms with van der Waals surface area (Å²) in [6, 6.07) is 1.70. The zero-order chi connectivity index (χ0) is 15.2. The molecule has 0 unspecified atom stereocenters. The number of amides is 2. The molecule has 1 fully saturated rings. The SMILES string of the molecule is CC(=O)N(CCNC(=O)C1CCOCC1)c1cc(C)on1. The molecule has 1 aliphatic rings. The first-order valence-corrected chi connectivity index (χ1v) is 7.15. The van der Waals surface area contributed by atoms with Gasteiger partial charge in [-0.3, -0.25) is 14.5 Å². The number of aryl methyl sites for hydroxylation is 1. The summed E-state index contributed by atoms with van der Waals surface area (Å²) in [5.74, 6) is 1.02. The number of carbonyl (C=O) groups excluding carboxylic acids is 2. The van der Waals surface area contributed by atoms with Crippen molar-refractivity contribution in [2.75, 3.05) is 31.2 Å². The quantitative estimate of drug-likeness (QED) is 0.871. The molecule has 1 N–H and O–H groups in total. The van der Waals surface area contributed by atoms with E-state index in [9.17, 15) is 9.59 Å². The molecule has 2 rings (SSSR count). The Hall–Kier alpha value is -1.89. The van der Waals surface area contributed by atoms with Crippen molar-refractivity contribution in [1.82, 2.24) is 10.5 Å². The van der Waals surface area contributed by atoms with Crippen molar-refractivity contribution in [3.05, 3.63) is 11.8 Å². The fraction of sp³-hybridized carbons (Fsp3) is 0.643. The van der Waals surface area contributed by atoms with Crippen molar-refractivity contribution in [3.8, 4) is 0 Å². The van der Waals surface area contributed by atoms with Gasteiger partial charge in [0.1, 0.15) is 5.76 Å². The van der Waals surface area contributed by atoms with Gasteiger partial charge < -0.3 is 14.6 Å². The molecule has 2 amide bonds. The minimum absolute atomic E-state index is 0.0128. The molecule has 0 aliphatic carbocycles. The molecule has 0 atom stereocenters. The van der Waals surface area contributed by atoms with Crippen LogP contribution >= 0.6 is 0 Å². The number of nitrogens with one attached hydrogen (secondary N) is 1. The summed E-state index contributed by atoms with van der Waals surface area (Å²) in [6.45, 7) is 5.26. The molecule has 1 aliphatic heterocycles. The molecule has 0 spiro atoms. The molecule has 0 radical (unpaired) electrons. The van der Waals surface area contributed by atoms with Crippen LogP contribution in [0, 0.1) is 12.8 Å². The van der Waals surface area contributed by atoms with E-state index in [1.807, 2.05) is 0 Å². The Morgan fingerprint density at radius 3 is 2.71 bits per heavy atom. The number of carbonyl (C=O) groups is 2. The molecule has 1 saturated heterocycles. The highest BCUT2D eigenvalue weighted by molar-refractivity contribution is 5.90. The van der Waals surface area contributed by atoms with Crippen LogP contribution in [0.25, 0.3) is 0 Å². The number of rotatable bonds is 5. The van der Waals surface area contributed by atoms with Crippen molar-refractivity contribution in [2.24, 2.45) is 5.92 Å². The van der Waals surface area contributed by atoms with E-state index in [2.05, 4.69) is 10.5 Å². The highest BCUT2D eigenvalue weighted by Gasteiger charge is 2.22. The molecule has 7 nitrogen and oxygen atoms in total. The monoisotopic (exact) mass is 295 g/mol. The molecule has 1 aromatic rings. The summed E-state index contributed by atoms with van der Waals surface area (Å²) >= 11 is 0. The van der Waals surface area contributed by atoms with Gasteiger partial charge in [-0.1, -0.05) is 5.16 Å². The number of ether oxygens (including phenoxy) is 1. The number of aromatic nitrogens is 1. The lowest BCUT2D eigenvalue weighted by Crippen LogP contribution is -2.40. The van der Waals surface area contributed by atoms with E-state index < -0.39 is 0 Å². The van der Waals surface area contributed by atoms with Crippen LogP contribution in [-0.2, 0) is 14.3 Å². The predicted molar refractivity (Wildman–Crippen MR) is 75.8 cm³/mol. The third-order valence-corrected chi connectivity index (χ3v) is 3.50. The van der Waals surface area contributed by atoms with E-state index in [-0.39, 0.29) is 17.7 Å². The normalized spacial score (nSPS) is 15.7. The number of anilines is 1. The molecular weight excluding hydrogens is 274 g/mol. The molecule has 0 aromatic carbocycles. The fourth-order valence-corrected chi connectivity index (χ4v) is 2.31. The third-order valence-electron chi connectivity index (χ3n) is 3.50. The van der Waals surface area contributed by atoms with Crippen LogP contribution in [0.15, 0.2) is 10.6 Å². The Labute approximate surface area is 123 Å². The van der Waals surface area contributed by atoms with Crippen molar-refractivity contribution in [1.29, 1.82) is 0 Å². The van der Waals surface area contributed by atoms with E-state index >= 15 is 0 Å². The Balaban J connectivity index is 1.82. The van der Waals surface area contributed by atoms with Crippen LogP contribution < -0.4 is 10.2 Å². The van der Waals surface area contributed by atoms with Crippen LogP contribution in [0.2, 0.25) is 0 Å². The summed E-state index contributed by atoms with van der Waals surface area (Å²) in [5.41, 5.74) is 0. The zero-order valence-corrected chi connectivity index (χ0v) is 12.4. The van der Waals surface area contributed by atoms with Crippen LogP contribution in [0.1, 0.15) is 25.5 Å². The lowest BCUT2D eigenvalue weighted by atomic mass is 9.99. The lowest BCUT2D eigenvalue weighted by Gasteiger charge is -2.22. The topological polar surface area (TPSA) is 84.7 Å². The Bertz CT molecular complexity index is 494. The molecule has 0 bridgehead atoms. The first-order valence-electron chi connectivity index (χ1n) is 7.15. The molecule has 7 heteroatoms. The average molecular weight is 295 g/mol. The molecular formula is C14H21N3O4. The molecule has 0 saturated carbocycles. The smallest absolute Gasteiger partial charge is 0.225 e. The third kappa shape index (κ3) is 4.29. The minimum atomic E-state index is -0.136. The van der Waals surface area contributed by atoms with Crippen molar-refractivity contribution in [2.45, 2.75) is 26.7 Å². The van der Waals surface area contributed by atoms with Crippen LogP contribution in [0.5, 0.6) is 0 Å². The lowest BCUT2D eigenvalue weighted by molar-refractivity contribution is -0.128. The summed E-state index contributed by atoms with van der Waals surface area (Å²) in [7, 11) is 0. The number of hydrogen-bond donors (Lipinski definition) is 1. The second-order valence-electron chi connectivity index (χ2n) is 5.14. The van der Waals surface area contributed by atoms with Gasteiger partial charge in [0, 0.05) is 45.2 Å². The van der Waals surface area contributed by atoms with Crippen molar-refractivity contribution in [3.63, 3.8) is 0 Å². The predicted octanol–water partition coefficient (Wildman–Crippen LogP) is 0.879. The van der Waals surface area contributed by atoms with E-state index in [0.717, 1.165) is 12.8 Å². The van der Waals surface area contributed by atoms with E-state index in [1.54, 1.807) is 13.0 Å². The van der Waals surface area contributed by atoms with Gasteiger partial charge in [-0.05, 0) is 19.8 Å². The Morgan fingerprint density at radius 1 is 1.43 bits per heavy atom. The van der Waals surface area contributed by atoms with Gasteiger partial charge in [-0.2, -0.15) is 0 Å². The summed E-state index contributed by atoms with van der Waals surface area (Å²) in [6.07, 6.45) is 1.51. The summed E-state index contributed by atoms with van der Waals surface area (Å²) in [4.78, 5) is 25.1. The highest BCUT2D eigenvalue weighted by Crippen LogP contribution is 2.15. The van der Waals surface area contributed by atoms with Crippen molar-refractivity contribution >= 4 is 17.6 Å². The van der Waals surface area contributed by atoms with Crippen LogP contribution in [0.3, 0.4) is 0 Å². The van der Waals surface area contributed by atoms with E-state index in [0.29, 0.717) is 37.9 Å².